The topological polar surface area (TPSA) is 65.1 Å². The lowest BCUT2D eigenvalue weighted by Crippen LogP contribution is -2.37. The highest BCUT2D eigenvalue weighted by atomic mass is 127. The van der Waals surface area contributed by atoms with Crippen LogP contribution in [0.15, 0.2) is 35.6 Å². The lowest BCUT2D eigenvalue weighted by molar-refractivity contribution is 0.793. The Labute approximate surface area is 169 Å². The highest BCUT2D eigenvalue weighted by molar-refractivity contribution is 14.0. The fourth-order valence-electron chi connectivity index (χ4n) is 2.75. The number of fused-ring (bicyclic) bond motifs is 1. The molecule has 134 valence electrons. The number of hydrogen-bond acceptors (Lipinski definition) is 3. The van der Waals surface area contributed by atoms with Crippen molar-refractivity contribution >= 4 is 52.2 Å². The molecule has 0 amide bonds. The van der Waals surface area contributed by atoms with Crippen molar-refractivity contribution in [1.82, 2.24) is 20.6 Å². The van der Waals surface area contributed by atoms with E-state index in [1.54, 1.807) is 18.4 Å². The Hall–Kier alpha value is -1.61. The average molecular weight is 469 g/mol. The summed E-state index contributed by atoms with van der Waals surface area (Å²) < 4.78 is 0. The molecule has 0 bridgehead atoms. The number of H-pyrrole nitrogens is 1. The number of aliphatic imine (C=N–C) groups is 1. The zero-order valence-electron chi connectivity index (χ0n) is 14.7. The zero-order chi connectivity index (χ0) is 16.9. The van der Waals surface area contributed by atoms with Gasteiger partial charge in [0, 0.05) is 41.8 Å². The Morgan fingerprint density at radius 2 is 2.12 bits per heavy atom. The summed E-state index contributed by atoms with van der Waals surface area (Å²) >= 11 is 1.70. The monoisotopic (exact) mass is 469 g/mol. The number of para-hydroxylation sites is 1. The van der Waals surface area contributed by atoms with Crippen LogP contribution in [0.5, 0.6) is 0 Å². The summed E-state index contributed by atoms with van der Waals surface area (Å²) in [4.78, 5) is 13.2. The number of halogens is 1. The Balaban J connectivity index is 0.00000225. The van der Waals surface area contributed by atoms with Gasteiger partial charge in [-0.25, -0.2) is 4.98 Å². The van der Waals surface area contributed by atoms with Crippen molar-refractivity contribution in [3.63, 3.8) is 0 Å². The van der Waals surface area contributed by atoms with E-state index in [2.05, 4.69) is 63.8 Å². The molecule has 0 unspecified atom stereocenters. The molecule has 3 aromatic rings. The van der Waals surface area contributed by atoms with Crippen molar-refractivity contribution in [1.29, 1.82) is 0 Å². The van der Waals surface area contributed by atoms with Crippen LogP contribution in [-0.2, 0) is 13.0 Å². The number of aryl methyl sites for hydroxylation is 2. The molecule has 25 heavy (non-hydrogen) atoms. The van der Waals surface area contributed by atoms with Gasteiger partial charge in [0.2, 0.25) is 0 Å². The Bertz CT molecular complexity index is 852. The van der Waals surface area contributed by atoms with Gasteiger partial charge in [-0.2, -0.15) is 0 Å². The highest BCUT2D eigenvalue weighted by Gasteiger charge is 2.06. The van der Waals surface area contributed by atoms with Crippen molar-refractivity contribution in [3.05, 3.63) is 51.6 Å². The third kappa shape index (κ3) is 4.94. The number of benzene rings is 1. The van der Waals surface area contributed by atoms with Crippen LogP contribution in [0.1, 0.15) is 21.0 Å². The lowest BCUT2D eigenvalue weighted by Gasteiger charge is -2.10. The molecule has 0 saturated heterocycles. The van der Waals surface area contributed by atoms with E-state index in [0.717, 1.165) is 23.9 Å². The normalized spacial score (nSPS) is 11.4. The van der Waals surface area contributed by atoms with Crippen molar-refractivity contribution < 1.29 is 0 Å². The van der Waals surface area contributed by atoms with Gasteiger partial charge in [0.05, 0.1) is 6.54 Å². The number of thiazole rings is 1. The Morgan fingerprint density at radius 3 is 2.84 bits per heavy atom. The zero-order valence-corrected chi connectivity index (χ0v) is 17.9. The van der Waals surface area contributed by atoms with E-state index in [1.807, 2.05) is 6.20 Å². The van der Waals surface area contributed by atoms with Crippen LogP contribution in [0.2, 0.25) is 0 Å². The van der Waals surface area contributed by atoms with Crippen molar-refractivity contribution in [2.45, 2.75) is 26.8 Å². The second-order valence-electron chi connectivity index (χ2n) is 5.78. The number of nitrogens with one attached hydrogen (secondary N) is 3. The summed E-state index contributed by atoms with van der Waals surface area (Å²) in [6, 6.07) is 6.41. The second-order valence-corrected chi connectivity index (χ2v) is 7.10. The molecule has 0 aliphatic carbocycles. The first-order valence-electron chi connectivity index (χ1n) is 8.09. The molecule has 0 radical (unpaired) electrons. The van der Waals surface area contributed by atoms with Crippen LogP contribution in [0.25, 0.3) is 10.9 Å². The largest absolute Gasteiger partial charge is 0.361 e. The lowest BCUT2D eigenvalue weighted by atomic mass is 10.1. The van der Waals surface area contributed by atoms with Gasteiger partial charge in [0.15, 0.2) is 5.96 Å². The standard InChI is InChI=1S/C18H23N5S.HI/c1-12-5-4-6-15-14(10-22-17(12)15)7-8-20-18(19-3)23-11-16-21-9-13(2)24-16;/h4-6,9-10,22H,7-8,11H2,1-3H3,(H2,19,20,23);1H. The summed E-state index contributed by atoms with van der Waals surface area (Å²) in [6.07, 6.45) is 4.95. The minimum Gasteiger partial charge on any atom is -0.361 e. The van der Waals surface area contributed by atoms with Crippen LogP contribution in [0, 0.1) is 13.8 Å². The van der Waals surface area contributed by atoms with E-state index in [0.29, 0.717) is 6.54 Å². The Morgan fingerprint density at radius 1 is 1.28 bits per heavy atom. The second kappa shape index (κ2) is 9.19. The van der Waals surface area contributed by atoms with Gasteiger partial charge >= 0.3 is 0 Å². The van der Waals surface area contributed by atoms with Gasteiger partial charge in [-0.3, -0.25) is 4.99 Å². The molecular formula is C18H24IN5S. The van der Waals surface area contributed by atoms with Gasteiger partial charge in [-0.15, -0.1) is 35.3 Å². The predicted molar refractivity (Wildman–Crippen MR) is 117 cm³/mol. The van der Waals surface area contributed by atoms with Crippen molar-refractivity contribution in [2.24, 2.45) is 4.99 Å². The average Bonchev–Trinajstić information content (AvgIpc) is 3.18. The summed E-state index contributed by atoms with van der Waals surface area (Å²) in [5.41, 5.74) is 3.84. The maximum atomic E-state index is 4.35. The molecule has 1 aromatic carbocycles. The van der Waals surface area contributed by atoms with Crippen molar-refractivity contribution in [3.8, 4) is 0 Å². The third-order valence-corrected chi connectivity index (χ3v) is 4.91. The molecule has 0 atom stereocenters. The Kier molecular flexibility index (Phi) is 7.24. The summed E-state index contributed by atoms with van der Waals surface area (Å²) in [6.45, 7) is 5.73. The van der Waals surface area contributed by atoms with Gasteiger partial charge < -0.3 is 15.6 Å². The number of nitrogens with zero attached hydrogens (tertiary/aromatic N) is 2. The van der Waals surface area contributed by atoms with E-state index in [-0.39, 0.29) is 24.0 Å². The molecule has 0 saturated carbocycles. The first kappa shape index (κ1) is 19.7. The smallest absolute Gasteiger partial charge is 0.191 e. The quantitative estimate of drug-likeness (QED) is 0.303. The van der Waals surface area contributed by atoms with Crippen LogP contribution < -0.4 is 10.6 Å². The van der Waals surface area contributed by atoms with Crippen molar-refractivity contribution in [2.75, 3.05) is 13.6 Å². The van der Waals surface area contributed by atoms with E-state index in [1.165, 1.54) is 26.9 Å². The fourth-order valence-corrected chi connectivity index (χ4v) is 3.48. The number of aromatic nitrogens is 2. The molecule has 3 N–H and O–H groups in total. The van der Waals surface area contributed by atoms with E-state index >= 15 is 0 Å². The number of rotatable bonds is 5. The van der Waals surface area contributed by atoms with E-state index < -0.39 is 0 Å². The first-order chi connectivity index (χ1) is 11.7. The molecule has 5 nitrogen and oxygen atoms in total. The molecule has 7 heteroatoms. The maximum Gasteiger partial charge on any atom is 0.191 e. The highest BCUT2D eigenvalue weighted by Crippen LogP contribution is 2.21. The molecule has 0 aliphatic rings. The molecule has 2 heterocycles. The number of hydrogen-bond donors (Lipinski definition) is 3. The SMILES string of the molecule is CN=C(NCCc1c[nH]c2c(C)cccc12)NCc1ncc(C)s1.I. The van der Waals surface area contributed by atoms with Crippen LogP contribution in [0.3, 0.4) is 0 Å². The van der Waals surface area contributed by atoms with Gasteiger partial charge in [-0.05, 0) is 31.4 Å². The fraction of sp³-hybridized carbons (Fsp3) is 0.333. The van der Waals surface area contributed by atoms with Gasteiger partial charge in [-0.1, -0.05) is 18.2 Å². The number of guanidine groups is 1. The summed E-state index contributed by atoms with van der Waals surface area (Å²) in [7, 11) is 1.79. The first-order valence-corrected chi connectivity index (χ1v) is 8.90. The van der Waals surface area contributed by atoms with Gasteiger partial charge in [0.25, 0.3) is 0 Å². The molecule has 0 fully saturated rings. The molecule has 0 spiro atoms. The number of aromatic amines is 1. The molecular weight excluding hydrogens is 445 g/mol. The summed E-state index contributed by atoms with van der Waals surface area (Å²) in [5.74, 6) is 0.805. The molecule has 2 aromatic heterocycles. The third-order valence-electron chi connectivity index (χ3n) is 4.00. The van der Waals surface area contributed by atoms with Gasteiger partial charge in [0.1, 0.15) is 5.01 Å². The minimum absolute atomic E-state index is 0. The molecule has 3 rings (SSSR count). The molecule has 0 aliphatic heterocycles. The van der Waals surface area contributed by atoms with Crippen LogP contribution in [-0.4, -0.2) is 29.5 Å². The summed E-state index contributed by atoms with van der Waals surface area (Å²) in [5, 5.41) is 9.05. The van der Waals surface area contributed by atoms with Crippen LogP contribution >= 0.6 is 35.3 Å². The minimum atomic E-state index is 0. The maximum absolute atomic E-state index is 4.35. The van der Waals surface area contributed by atoms with E-state index in [4.69, 9.17) is 0 Å². The predicted octanol–water partition coefficient (Wildman–Crippen LogP) is 3.77. The van der Waals surface area contributed by atoms with Crippen LogP contribution in [0.4, 0.5) is 0 Å². The van der Waals surface area contributed by atoms with E-state index in [9.17, 15) is 0 Å².